The molecule has 1 N–H and O–H groups in total. The average Bonchev–Trinajstić information content (AvgIpc) is 2.70. The average molecular weight is 678 g/mol. The smallest absolute Gasteiger partial charge is 0.284 e. The summed E-state index contributed by atoms with van der Waals surface area (Å²) in [6.07, 6.45) is -8.18. The molecule has 0 atom stereocenters. The molecular formula is C12HF23O4S. The lowest BCUT2D eigenvalue weighted by Gasteiger charge is -2.44. The zero-order chi connectivity index (χ0) is 33.6. The van der Waals surface area contributed by atoms with Gasteiger partial charge in [-0.2, -0.15) is 109 Å². The van der Waals surface area contributed by atoms with Crippen LogP contribution in [0.2, 0.25) is 0 Å². The van der Waals surface area contributed by atoms with Crippen molar-refractivity contribution in [1.82, 2.24) is 0 Å². The number of carbonyl (C=O) groups excluding carboxylic acids is 1. The SMILES string of the molecule is O=C(C(F)(F)C(F)(F)C(F)(F)C(F)(F)C(F)(F)C(F)(F)C(F)(F)C(F)(F)C(F)(F)C(F)(F)F)C(F)(F)S(=O)(=O)O. The van der Waals surface area contributed by atoms with Gasteiger partial charge >= 0.3 is 74.9 Å². The third-order valence-corrected chi connectivity index (χ3v) is 5.22. The van der Waals surface area contributed by atoms with E-state index in [-0.39, 0.29) is 0 Å². The van der Waals surface area contributed by atoms with E-state index >= 15 is 0 Å². The molecule has 28 heteroatoms. The summed E-state index contributed by atoms with van der Waals surface area (Å²) in [5.74, 6) is -88.5. The van der Waals surface area contributed by atoms with Gasteiger partial charge in [0.05, 0.1) is 0 Å². The van der Waals surface area contributed by atoms with Gasteiger partial charge in [-0.1, -0.05) is 0 Å². The van der Waals surface area contributed by atoms with Gasteiger partial charge in [0.1, 0.15) is 0 Å². The van der Waals surface area contributed by atoms with Crippen LogP contribution in [0.15, 0.2) is 0 Å². The van der Waals surface area contributed by atoms with Crippen molar-refractivity contribution in [3.63, 3.8) is 0 Å². The van der Waals surface area contributed by atoms with Crippen LogP contribution in [0.5, 0.6) is 0 Å². The summed E-state index contributed by atoms with van der Waals surface area (Å²) in [6.45, 7) is 0. The number of Topliss-reactive ketones (excluding diaryl/α,β-unsaturated/α-hetero) is 1. The van der Waals surface area contributed by atoms with Gasteiger partial charge in [0.15, 0.2) is 0 Å². The van der Waals surface area contributed by atoms with E-state index in [1.807, 2.05) is 0 Å². The molecule has 0 rings (SSSR count). The van der Waals surface area contributed by atoms with Gasteiger partial charge in [0.2, 0.25) is 0 Å². The Balaban J connectivity index is 7.32. The van der Waals surface area contributed by atoms with E-state index in [2.05, 4.69) is 0 Å². The van der Waals surface area contributed by atoms with Crippen LogP contribution in [0.4, 0.5) is 101 Å². The van der Waals surface area contributed by atoms with E-state index in [1.165, 1.54) is 0 Å². The maximum Gasteiger partial charge on any atom is 0.460 e. The lowest BCUT2D eigenvalue weighted by molar-refractivity contribution is -0.473. The van der Waals surface area contributed by atoms with Crippen molar-refractivity contribution in [2.75, 3.05) is 0 Å². The molecule has 240 valence electrons. The Morgan fingerprint density at radius 1 is 0.400 bits per heavy atom. The Hall–Kier alpha value is -2.03. The minimum Gasteiger partial charge on any atom is -0.284 e. The highest BCUT2D eigenvalue weighted by Crippen LogP contribution is 2.66. The number of rotatable bonds is 11. The van der Waals surface area contributed by atoms with Crippen LogP contribution in [0.1, 0.15) is 0 Å². The van der Waals surface area contributed by atoms with Crippen LogP contribution in [0.3, 0.4) is 0 Å². The van der Waals surface area contributed by atoms with Crippen LogP contribution < -0.4 is 0 Å². The Kier molecular flexibility index (Phi) is 8.53. The first-order chi connectivity index (χ1) is 16.7. The summed E-state index contributed by atoms with van der Waals surface area (Å²) in [7, 11) is -7.78. The third-order valence-electron chi connectivity index (χ3n) is 4.38. The summed E-state index contributed by atoms with van der Waals surface area (Å²) < 4.78 is 329. The molecule has 0 aliphatic carbocycles. The number of carbonyl (C=O) groups is 1. The Morgan fingerprint density at radius 3 is 0.800 bits per heavy atom. The maximum atomic E-state index is 13.5. The highest BCUT2D eigenvalue weighted by Gasteiger charge is 2.98. The van der Waals surface area contributed by atoms with Gasteiger partial charge in [0.25, 0.3) is 5.78 Å². The number of halogens is 23. The van der Waals surface area contributed by atoms with Crippen LogP contribution >= 0.6 is 0 Å². The van der Waals surface area contributed by atoms with Crippen LogP contribution in [-0.2, 0) is 14.9 Å². The fraction of sp³-hybridized carbons (Fsp3) is 0.917. The largest absolute Gasteiger partial charge is 0.460 e. The minimum absolute atomic E-state index is 5.63. The molecule has 0 bridgehead atoms. The fourth-order valence-electron chi connectivity index (χ4n) is 2.00. The van der Waals surface area contributed by atoms with Gasteiger partial charge in [0, 0.05) is 0 Å². The lowest BCUT2D eigenvalue weighted by Crippen LogP contribution is -2.77. The zero-order valence-electron chi connectivity index (χ0n) is 16.8. The van der Waals surface area contributed by atoms with Gasteiger partial charge in [-0.25, -0.2) is 0 Å². The Morgan fingerprint density at radius 2 is 0.600 bits per heavy atom. The molecule has 0 fully saturated rings. The number of hydrogen-bond donors (Lipinski definition) is 1. The molecule has 0 aromatic heterocycles. The monoisotopic (exact) mass is 678 g/mol. The molecule has 40 heavy (non-hydrogen) atoms. The molecule has 0 aliphatic rings. The van der Waals surface area contributed by atoms with Crippen molar-refractivity contribution >= 4 is 15.9 Å². The molecule has 0 unspecified atom stereocenters. The van der Waals surface area contributed by atoms with Gasteiger partial charge in [-0.15, -0.1) is 0 Å². The summed E-state index contributed by atoms with van der Waals surface area (Å²) in [4.78, 5) is 10.7. The van der Waals surface area contributed by atoms with Crippen molar-refractivity contribution in [3.8, 4) is 0 Å². The number of ketones is 1. The van der Waals surface area contributed by atoms with E-state index in [1.54, 1.807) is 0 Å². The highest BCUT2D eigenvalue weighted by molar-refractivity contribution is 7.87. The molecule has 4 nitrogen and oxygen atoms in total. The Bertz CT molecular complexity index is 1100. The standard InChI is InChI=1S/C12HF23O4S/c13-2(14,1(36)3(15,16)40(37,38)39)4(17,18)5(19,20)6(21,22)7(23,24)8(25,26)9(27,28)10(29,30)11(31,32)12(33,34)35/h(H,37,38,39). The topological polar surface area (TPSA) is 71.4 Å². The van der Waals surface area contributed by atoms with Gasteiger partial charge in [-0.05, 0) is 0 Å². The molecule has 0 aromatic carbocycles. The molecule has 0 heterocycles. The second kappa shape index (κ2) is 8.98. The van der Waals surface area contributed by atoms with E-state index in [0.717, 1.165) is 0 Å². The fourth-order valence-corrected chi connectivity index (χ4v) is 2.36. The quantitative estimate of drug-likeness (QED) is 0.206. The first-order valence-electron chi connectivity index (χ1n) is 8.02. The highest BCUT2D eigenvalue weighted by atomic mass is 32.2. The van der Waals surface area contributed by atoms with Crippen LogP contribution in [0, 0.1) is 0 Å². The number of hydrogen-bond acceptors (Lipinski definition) is 3. The van der Waals surface area contributed by atoms with Crippen molar-refractivity contribution in [3.05, 3.63) is 0 Å². The molecular weight excluding hydrogens is 677 g/mol. The molecule has 0 aliphatic heterocycles. The predicted molar refractivity (Wildman–Crippen MR) is 72.1 cm³/mol. The second-order valence-corrected chi connectivity index (χ2v) is 8.45. The van der Waals surface area contributed by atoms with Gasteiger partial charge < -0.3 is 0 Å². The van der Waals surface area contributed by atoms with E-state index in [4.69, 9.17) is 4.55 Å². The van der Waals surface area contributed by atoms with Crippen molar-refractivity contribution in [2.45, 2.75) is 64.7 Å². The summed E-state index contributed by atoms with van der Waals surface area (Å²) in [5, 5.41) is -7.46. The van der Waals surface area contributed by atoms with Gasteiger partial charge in [-0.3, -0.25) is 9.35 Å². The van der Waals surface area contributed by atoms with Crippen LogP contribution in [0.25, 0.3) is 0 Å². The third kappa shape index (κ3) is 4.40. The molecule has 0 saturated carbocycles. The predicted octanol–water partition coefficient (Wildman–Crippen LogP) is 6.32. The van der Waals surface area contributed by atoms with Crippen molar-refractivity contribution in [2.24, 2.45) is 0 Å². The summed E-state index contributed by atoms with van der Waals surface area (Å²) in [5.41, 5.74) is 0. The lowest BCUT2D eigenvalue weighted by atomic mass is 9.85. The first kappa shape index (κ1) is 38.0. The van der Waals surface area contributed by atoms with Crippen molar-refractivity contribution < 1.29 is 119 Å². The molecule has 0 amide bonds. The molecule has 0 spiro atoms. The molecule has 0 radical (unpaired) electrons. The normalized spacial score (nSPS) is 16.8. The molecule has 0 aromatic rings. The maximum absolute atomic E-state index is 13.5. The Labute approximate surface area is 200 Å². The minimum atomic E-state index is -9.59. The van der Waals surface area contributed by atoms with Crippen molar-refractivity contribution in [1.29, 1.82) is 0 Å². The second-order valence-electron chi connectivity index (χ2n) is 6.99. The van der Waals surface area contributed by atoms with E-state index in [9.17, 15) is 114 Å². The zero-order valence-corrected chi connectivity index (χ0v) is 17.6. The van der Waals surface area contributed by atoms with Crippen LogP contribution in [-0.4, -0.2) is 83.5 Å². The summed E-state index contributed by atoms with van der Waals surface area (Å²) in [6, 6.07) is 0. The van der Waals surface area contributed by atoms with E-state index < -0.39 is 80.6 Å². The summed E-state index contributed by atoms with van der Waals surface area (Å²) >= 11 is 0. The van der Waals surface area contributed by atoms with E-state index in [0.29, 0.717) is 0 Å². The molecule has 0 saturated heterocycles. The first-order valence-corrected chi connectivity index (χ1v) is 9.46. The number of alkyl halides is 23.